The van der Waals surface area contributed by atoms with Crippen LogP contribution < -0.4 is 4.74 Å². The van der Waals surface area contributed by atoms with Crippen LogP contribution in [0.4, 0.5) is 0 Å². The highest BCUT2D eigenvalue weighted by Gasteiger charge is 2.09. The number of nitrogens with zero attached hydrogens (tertiary/aromatic N) is 2. The van der Waals surface area contributed by atoms with Crippen molar-refractivity contribution < 1.29 is 4.74 Å². The number of thiazole rings is 1. The number of hydrogen-bond acceptors (Lipinski definition) is 5. The number of para-hydroxylation sites is 1. The Labute approximate surface area is 153 Å². The van der Waals surface area contributed by atoms with E-state index in [4.69, 9.17) is 16.3 Å². The van der Waals surface area contributed by atoms with Gasteiger partial charge in [0.2, 0.25) is 0 Å². The number of hydrogen-bond donors (Lipinski definition) is 0. The van der Waals surface area contributed by atoms with Gasteiger partial charge in [-0.05, 0) is 55.1 Å². The van der Waals surface area contributed by atoms with Crippen LogP contribution in [-0.2, 0) is 0 Å². The Morgan fingerprint density at radius 2 is 2.21 bits per heavy atom. The van der Waals surface area contributed by atoms with Crippen molar-refractivity contribution in [2.75, 3.05) is 6.61 Å². The van der Waals surface area contributed by atoms with Gasteiger partial charge in [0.25, 0.3) is 0 Å². The van der Waals surface area contributed by atoms with E-state index in [0.29, 0.717) is 22.3 Å². The summed E-state index contributed by atoms with van der Waals surface area (Å²) in [6.45, 7) is 2.47. The van der Waals surface area contributed by atoms with Crippen molar-refractivity contribution in [2.24, 2.45) is 0 Å². The molecule has 0 fully saturated rings. The van der Waals surface area contributed by atoms with Gasteiger partial charge in [0.15, 0.2) is 4.34 Å². The molecule has 0 bridgehead atoms. The highest BCUT2D eigenvalue weighted by Crippen LogP contribution is 2.35. The Balaban J connectivity index is 1.92. The van der Waals surface area contributed by atoms with Gasteiger partial charge in [-0.3, -0.25) is 0 Å². The van der Waals surface area contributed by atoms with Crippen LogP contribution >= 0.6 is 34.7 Å². The lowest BCUT2D eigenvalue weighted by Crippen LogP contribution is -1.93. The summed E-state index contributed by atoms with van der Waals surface area (Å²) in [5.41, 5.74) is 1.73. The molecule has 120 valence electrons. The third-order valence-corrected chi connectivity index (χ3v) is 5.40. The standard InChI is InChI=1S/C18H13ClN2OS2/c1-2-22-16-8-7-13(19)9-12(16)10-14(11-20)23-18-21-15-5-3-4-6-17(15)24-18/h3-10H,2H2,1H3. The van der Waals surface area contributed by atoms with Crippen molar-refractivity contribution >= 4 is 51.0 Å². The van der Waals surface area contributed by atoms with Gasteiger partial charge in [0, 0.05) is 10.6 Å². The minimum Gasteiger partial charge on any atom is -0.493 e. The number of benzene rings is 2. The molecule has 3 aromatic rings. The number of aromatic nitrogens is 1. The fraction of sp³-hybridized carbons (Fsp3) is 0.111. The predicted molar refractivity (Wildman–Crippen MR) is 102 cm³/mol. The Hall–Kier alpha value is -2.00. The van der Waals surface area contributed by atoms with Gasteiger partial charge in [-0.2, -0.15) is 5.26 Å². The first kappa shape index (κ1) is 16.8. The predicted octanol–water partition coefficient (Wildman–Crippen LogP) is 6.01. The van der Waals surface area contributed by atoms with E-state index in [-0.39, 0.29) is 0 Å². The molecule has 0 aliphatic heterocycles. The van der Waals surface area contributed by atoms with E-state index >= 15 is 0 Å². The van der Waals surface area contributed by atoms with E-state index in [1.807, 2.05) is 37.3 Å². The average molecular weight is 373 g/mol. The topological polar surface area (TPSA) is 45.9 Å². The summed E-state index contributed by atoms with van der Waals surface area (Å²) in [7, 11) is 0. The highest BCUT2D eigenvalue weighted by molar-refractivity contribution is 8.05. The Kier molecular flexibility index (Phi) is 5.41. The largest absolute Gasteiger partial charge is 0.493 e. The molecule has 0 N–H and O–H groups in total. The molecule has 0 saturated carbocycles. The molecule has 0 amide bonds. The van der Waals surface area contributed by atoms with E-state index in [0.717, 1.165) is 20.1 Å². The van der Waals surface area contributed by atoms with Crippen LogP contribution in [-0.4, -0.2) is 11.6 Å². The van der Waals surface area contributed by atoms with Gasteiger partial charge >= 0.3 is 0 Å². The summed E-state index contributed by atoms with van der Waals surface area (Å²) in [4.78, 5) is 5.09. The SMILES string of the molecule is CCOc1ccc(Cl)cc1C=C(C#N)Sc1nc2ccccc2s1. The summed E-state index contributed by atoms with van der Waals surface area (Å²) in [6, 6.07) is 15.5. The number of thioether (sulfide) groups is 1. The molecular weight excluding hydrogens is 360 g/mol. The van der Waals surface area contributed by atoms with Gasteiger partial charge in [0.1, 0.15) is 11.8 Å². The second-order valence-electron chi connectivity index (χ2n) is 4.79. The summed E-state index contributed by atoms with van der Waals surface area (Å²) in [5, 5.41) is 10.1. The zero-order valence-corrected chi connectivity index (χ0v) is 15.2. The summed E-state index contributed by atoms with van der Waals surface area (Å²) < 4.78 is 7.54. The van der Waals surface area contributed by atoms with Crippen molar-refractivity contribution in [3.8, 4) is 11.8 Å². The number of fused-ring (bicyclic) bond motifs is 1. The second-order valence-corrected chi connectivity index (χ2v) is 7.54. The summed E-state index contributed by atoms with van der Waals surface area (Å²) in [5.74, 6) is 0.708. The summed E-state index contributed by atoms with van der Waals surface area (Å²) >= 11 is 8.99. The molecule has 2 aromatic carbocycles. The van der Waals surface area contributed by atoms with Crippen LogP contribution in [0.3, 0.4) is 0 Å². The molecule has 24 heavy (non-hydrogen) atoms. The first-order valence-corrected chi connectivity index (χ1v) is 9.28. The van der Waals surface area contributed by atoms with Crippen molar-refractivity contribution in [1.29, 1.82) is 5.26 Å². The maximum Gasteiger partial charge on any atom is 0.156 e. The molecule has 1 heterocycles. The van der Waals surface area contributed by atoms with Crippen LogP contribution in [0, 0.1) is 11.3 Å². The molecule has 0 radical (unpaired) electrons. The van der Waals surface area contributed by atoms with Crippen LogP contribution in [0.25, 0.3) is 16.3 Å². The Bertz CT molecular complexity index is 911. The molecular formula is C18H13ClN2OS2. The number of nitriles is 1. The third kappa shape index (κ3) is 3.90. The maximum atomic E-state index is 9.48. The maximum absolute atomic E-state index is 9.48. The second kappa shape index (κ2) is 7.71. The quantitative estimate of drug-likeness (QED) is 0.406. The van der Waals surface area contributed by atoms with Gasteiger partial charge in [0.05, 0.1) is 21.7 Å². The molecule has 0 spiro atoms. The number of halogens is 1. The van der Waals surface area contributed by atoms with Crippen LogP contribution in [0.1, 0.15) is 12.5 Å². The van der Waals surface area contributed by atoms with E-state index in [1.165, 1.54) is 11.8 Å². The normalized spacial score (nSPS) is 11.5. The Morgan fingerprint density at radius 3 is 2.96 bits per heavy atom. The van der Waals surface area contributed by atoms with Crippen molar-refractivity contribution in [3.05, 3.63) is 58.0 Å². The first-order chi connectivity index (χ1) is 11.7. The molecule has 0 unspecified atom stereocenters. The van der Waals surface area contributed by atoms with Crippen molar-refractivity contribution in [1.82, 2.24) is 4.98 Å². The molecule has 0 atom stereocenters. The van der Waals surface area contributed by atoms with E-state index in [1.54, 1.807) is 29.5 Å². The van der Waals surface area contributed by atoms with Gasteiger partial charge in [-0.15, -0.1) is 11.3 Å². The highest BCUT2D eigenvalue weighted by atomic mass is 35.5. The number of rotatable bonds is 5. The molecule has 0 aliphatic carbocycles. The van der Waals surface area contributed by atoms with Crippen LogP contribution in [0.2, 0.25) is 5.02 Å². The third-order valence-electron chi connectivity index (χ3n) is 3.14. The number of allylic oxidation sites excluding steroid dienone is 1. The van der Waals surface area contributed by atoms with Crippen LogP contribution in [0.5, 0.6) is 5.75 Å². The lowest BCUT2D eigenvalue weighted by atomic mass is 10.2. The minimum atomic E-state index is 0.539. The van der Waals surface area contributed by atoms with Crippen LogP contribution in [0.15, 0.2) is 51.7 Å². The molecule has 3 nitrogen and oxygen atoms in total. The lowest BCUT2D eigenvalue weighted by Gasteiger charge is -2.07. The fourth-order valence-corrected chi connectivity index (χ4v) is 4.28. The van der Waals surface area contributed by atoms with Crippen molar-refractivity contribution in [2.45, 2.75) is 11.3 Å². The molecule has 6 heteroatoms. The van der Waals surface area contributed by atoms with E-state index in [2.05, 4.69) is 11.1 Å². The first-order valence-electron chi connectivity index (χ1n) is 7.27. The van der Waals surface area contributed by atoms with Gasteiger partial charge in [-0.1, -0.05) is 23.7 Å². The monoisotopic (exact) mass is 372 g/mol. The molecule has 0 aliphatic rings. The minimum absolute atomic E-state index is 0.539. The number of ether oxygens (including phenoxy) is 1. The zero-order valence-electron chi connectivity index (χ0n) is 12.8. The van der Waals surface area contributed by atoms with E-state index < -0.39 is 0 Å². The summed E-state index contributed by atoms with van der Waals surface area (Å²) in [6.07, 6.45) is 1.79. The lowest BCUT2D eigenvalue weighted by molar-refractivity contribution is 0.339. The molecule has 1 aromatic heterocycles. The smallest absolute Gasteiger partial charge is 0.156 e. The van der Waals surface area contributed by atoms with Gasteiger partial charge < -0.3 is 4.74 Å². The Morgan fingerprint density at radius 1 is 1.38 bits per heavy atom. The molecule has 0 saturated heterocycles. The zero-order chi connectivity index (χ0) is 16.9. The van der Waals surface area contributed by atoms with Crippen molar-refractivity contribution in [3.63, 3.8) is 0 Å². The molecule has 3 rings (SSSR count). The average Bonchev–Trinajstić information content (AvgIpc) is 2.99. The van der Waals surface area contributed by atoms with Gasteiger partial charge in [-0.25, -0.2) is 4.98 Å². The van der Waals surface area contributed by atoms with E-state index in [9.17, 15) is 5.26 Å². The fourth-order valence-electron chi connectivity index (χ4n) is 2.13.